The van der Waals surface area contributed by atoms with Gasteiger partial charge in [-0.05, 0) is 67.6 Å². The van der Waals surface area contributed by atoms with Crippen LogP contribution in [0.3, 0.4) is 0 Å². The van der Waals surface area contributed by atoms with Crippen molar-refractivity contribution >= 4 is 34.8 Å². The number of carboxylic acid groups (broad SMARTS) is 1. The molecular formula is C24H22ClFN2O4S. The van der Waals surface area contributed by atoms with Crippen LogP contribution in [-0.4, -0.2) is 40.0 Å². The second kappa shape index (κ2) is 10.3. The first-order chi connectivity index (χ1) is 15.9. The molecule has 1 atom stereocenters. The number of hydrogen-bond donors (Lipinski definition) is 1. The lowest BCUT2D eigenvalue weighted by atomic mass is 10.1. The SMILES string of the molecule is O=C(O)c1sc([C@H]2CCCN2C(=O)COc2ccc(Cl)cc2)nc1CCc1ccc(F)cc1. The van der Waals surface area contributed by atoms with Gasteiger partial charge in [-0.2, -0.15) is 0 Å². The minimum absolute atomic E-state index is 0.118. The maximum atomic E-state index is 13.1. The smallest absolute Gasteiger partial charge is 0.347 e. The summed E-state index contributed by atoms with van der Waals surface area (Å²) >= 11 is 6.99. The number of thiazole rings is 1. The van der Waals surface area contributed by atoms with Crippen LogP contribution in [0.15, 0.2) is 48.5 Å². The monoisotopic (exact) mass is 488 g/mol. The summed E-state index contributed by atoms with van der Waals surface area (Å²) in [5.41, 5.74) is 1.39. The first kappa shape index (κ1) is 23.2. The van der Waals surface area contributed by atoms with Crippen LogP contribution in [0.4, 0.5) is 4.39 Å². The van der Waals surface area contributed by atoms with Gasteiger partial charge < -0.3 is 14.7 Å². The normalized spacial score (nSPS) is 15.6. The Hall–Kier alpha value is -2.97. The number of hydrogen-bond acceptors (Lipinski definition) is 5. The summed E-state index contributed by atoms with van der Waals surface area (Å²) in [6.45, 7) is 0.451. The molecule has 0 saturated carbocycles. The predicted octanol–water partition coefficient (Wildman–Crippen LogP) is 5.16. The van der Waals surface area contributed by atoms with E-state index in [4.69, 9.17) is 16.3 Å². The summed E-state index contributed by atoms with van der Waals surface area (Å²) in [6.07, 6.45) is 2.50. The van der Waals surface area contributed by atoms with Crippen molar-refractivity contribution < 1.29 is 23.8 Å². The van der Waals surface area contributed by atoms with Crippen molar-refractivity contribution in [2.45, 2.75) is 31.7 Å². The van der Waals surface area contributed by atoms with Crippen LogP contribution in [0.1, 0.15) is 44.8 Å². The number of aryl methyl sites for hydroxylation is 2. The van der Waals surface area contributed by atoms with Crippen molar-refractivity contribution in [3.8, 4) is 5.75 Å². The maximum absolute atomic E-state index is 13.1. The number of carboxylic acids is 1. The molecule has 3 aromatic rings. The Labute approximate surface area is 199 Å². The summed E-state index contributed by atoms with van der Waals surface area (Å²) in [5, 5.41) is 10.9. The molecule has 1 N–H and O–H groups in total. The fourth-order valence-electron chi connectivity index (χ4n) is 3.84. The highest BCUT2D eigenvalue weighted by Gasteiger charge is 2.33. The van der Waals surface area contributed by atoms with Crippen LogP contribution in [0, 0.1) is 5.82 Å². The minimum Gasteiger partial charge on any atom is -0.484 e. The van der Waals surface area contributed by atoms with E-state index in [1.54, 1.807) is 41.3 Å². The summed E-state index contributed by atoms with van der Waals surface area (Å²) in [6, 6.07) is 12.6. The van der Waals surface area contributed by atoms with Crippen LogP contribution < -0.4 is 4.74 Å². The largest absolute Gasteiger partial charge is 0.484 e. The first-order valence-electron chi connectivity index (χ1n) is 10.6. The van der Waals surface area contributed by atoms with Crippen LogP contribution in [-0.2, 0) is 17.6 Å². The van der Waals surface area contributed by atoms with Crippen LogP contribution in [0.2, 0.25) is 5.02 Å². The average molecular weight is 489 g/mol. The molecule has 2 aromatic carbocycles. The number of benzene rings is 2. The van der Waals surface area contributed by atoms with Gasteiger partial charge in [-0.25, -0.2) is 14.2 Å². The lowest BCUT2D eigenvalue weighted by molar-refractivity contribution is -0.134. The quantitative estimate of drug-likeness (QED) is 0.473. The van der Waals surface area contributed by atoms with E-state index in [-0.39, 0.29) is 29.3 Å². The number of aromatic nitrogens is 1. The van der Waals surface area contributed by atoms with Crippen molar-refractivity contribution in [1.82, 2.24) is 9.88 Å². The molecule has 1 saturated heterocycles. The number of halogens is 2. The Morgan fingerprint density at radius 3 is 2.58 bits per heavy atom. The van der Waals surface area contributed by atoms with Gasteiger partial charge in [0.15, 0.2) is 6.61 Å². The Morgan fingerprint density at radius 1 is 1.15 bits per heavy atom. The number of nitrogens with zero attached hydrogens (tertiary/aromatic N) is 2. The van der Waals surface area contributed by atoms with Gasteiger partial charge in [-0.1, -0.05) is 23.7 Å². The van der Waals surface area contributed by atoms with E-state index < -0.39 is 5.97 Å². The number of carbonyl (C=O) groups is 2. The van der Waals surface area contributed by atoms with Crippen LogP contribution in [0.5, 0.6) is 5.75 Å². The van der Waals surface area contributed by atoms with E-state index in [1.807, 2.05) is 0 Å². The Balaban J connectivity index is 1.45. The van der Waals surface area contributed by atoms with Crippen molar-refractivity contribution in [1.29, 1.82) is 0 Å². The molecule has 1 aliphatic rings. The van der Waals surface area contributed by atoms with Crippen molar-refractivity contribution in [3.05, 3.63) is 80.5 Å². The average Bonchev–Trinajstić information content (AvgIpc) is 3.45. The Bertz CT molecular complexity index is 1130. The van der Waals surface area contributed by atoms with E-state index in [2.05, 4.69) is 4.98 Å². The van der Waals surface area contributed by atoms with E-state index in [1.165, 1.54) is 12.1 Å². The molecule has 33 heavy (non-hydrogen) atoms. The summed E-state index contributed by atoms with van der Waals surface area (Å²) < 4.78 is 18.7. The molecule has 6 nitrogen and oxygen atoms in total. The summed E-state index contributed by atoms with van der Waals surface area (Å²) in [7, 11) is 0. The first-order valence-corrected chi connectivity index (χ1v) is 11.8. The molecule has 2 heterocycles. The van der Waals surface area contributed by atoms with E-state index in [9.17, 15) is 19.1 Å². The van der Waals surface area contributed by atoms with E-state index in [0.717, 1.165) is 29.7 Å². The number of rotatable bonds is 8. The molecule has 0 aliphatic carbocycles. The van der Waals surface area contributed by atoms with Crippen molar-refractivity contribution in [2.75, 3.05) is 13.2 Å². The second-order valence-electron chi connectivity index (χ2n) is 7.75. The number of ether oxygens (including phenoxy) is 1. The Kier molecular flexibility index (Phi) is 7.25. The fourth-order valence-corrected chi connectivity index (χ4v) is 5.07. The zero-order valence-corrected chi connectivity index (χ0v) is 19.2. The molecule has 1 amide bonds. The second-order valence-corrected chi connectivity index (χ2v) is 9.21. The fraction of sp³-hybridized carbons (Fsp3) is 0.292. The van der Waals surface area contributed by atoms with Gasteiger partial charge in [0.1, 0.15) is 21.5 Å². The Morgan fingerprint density at radius 2 is 1.88 bits per heavy atom. The van der Waals surface area contributed by atoms with Gasteiger partial charge in [-0.3, -0.25) is 4.79 Å². The van der Waals surface area contributed by atoms with E-state index >= 15 is 0 Å². The van der Waals surface area contributed by atoms with Gasteiger partial charge in [-0.15, -0.1) is 11.3 Å². The molecule has 4 rings (SSSR count). The van der Waals surface area contributed by atoms with Crippen LogP contribution >= 0.6 is 22.9 Å². The lowest BCUT2D eigenvalue weighted by Crippen LogP contribution is -2.34. The van der Waals surface area contributed by atoms with Crippen molar-refractivity contribution in [2.24, 2.45) is 0 Å². The molecular weight excluding hydrogens is 467 g/mol. The molecule has 1 fully saturated rings. The maximum Gasteiger partial charge on any atom is 0.347 e. The third-order valence-corrected chi connectivity index (χ3v) is 6.94. The molecule has 0 bridgehead atoms. The molecule has 1 aromatic heterocycles. The van der Waals surface area contributed by atoms with Gasteiger partial charge >= 0.3 is 5.97 Å². The standard InChI is InChI=1S/C24H22ClFN2O4S/c25-16-6-10-18(11-7-16)32-14-21(29)28-13-1-2-20(28)23-27-19(22(33-23)24(30)31)12-5-15-3-8-17(26)9-4-15/h3-4,6-11,20H,1-2,5,12-14H2,(H,30,31)/t20-/m1/s1. The predicted molar refractivity (Wildman–Crippen MR) is 124 cm³/mol. The lowest BCUT2D eigenvalue weighted by Gasteiger charge is -2.23. The number of aromatic carboxylic acids is 1. The van der Waals surface area contributed by atoms with E-state index in [0.29, 0.717) is 40.9 Å². The molecule has 0 radical (unpaired) electrons. The third kappa shape index (κ3) is 5.69. The van der Waals surface area contributed by atoms with Gasteiger partial charge in [0.2, 0.25) is 0 Å². The number of amides is 1. The van der Waals surface area contributed by atoms with Gasteiger partial charge in [0.25, 0.3) is 5.91 Å². The highest BCUT2D eigenvalue weighted by molar-refractivity contribution is 7.13. The molecule has 0 unspecified atom stereocenters. The molecule has 9 heteroatoms. The highest BCUT2D eigenvalue weighted by atomic mass is 35.5. The number of likely N-dealkylation sites (tertiary alicyclic amines) is 1. The van der Waals surface area contributed by atoms with Crippen molar-refractivity contribution in [3.63, 3.8) is 0 Å². The van der Waals surface area contributed by atoms with Gasteiger partial charge in [0, 0.05) is 11.6 Å². The summed E-state index contributed by atoms with van der Waals surface area (Å²) in [4.78, 5) is 31.2. The zero-order chi connectivity index (χ0) is 23.4. The molecule has 1 aliphatic heterocycles. The zero-order valence-electron chi connectivity index (χ0n) is 17.7. The van der Waals surface area contributed by atoms with Crippen LogP contribution in [0.25, 0.3) is 0 Å². The minimum atomic E-state index is -1.03. The third-order valence-electron chi connectivity index (χ3n) is 5.51. The summed E-state index contributed by atoms with van der Waals surface area (Å²) in [5.74, 6) is -0.969. The highest BCUT2D eigenvalue weighted by Crippen LogP contribution is 2.36. The van der Waals surface area contributed by atoms with Gasteiger partial charge in [0.05, 0.1) is 11.7 Å². The molecule has 0 spiro atoms. The molecule has 172 valence electrons. The number of carbonyl (C=O) groups excluding carboxylic acids is 1. The topological polar surface area (TPSA) is 79.7 Å².